The van der Waals surface area contributed by atoms with Crippen molar-refractivity contribution in [3.05, 3.63) is 89.1 Å². The van der Waals surface area contributed by atoms with Crippen molar-refractivity contribution in [2.24, 2.45) is 0 Å². The van der Waals surface area contributed by atoms with Crippen molar-refractivity contribution in [1.29, 1.82) is 0 Å². The molecule has 3 aromatic rings. The summed E-state index contributed by atoms with van der Waals surface area (Å²) in [5.74, 6) is -1.34. The van der Waals surface area contributed by atoms with E-state index >= 15 is 0 Å². The Bertz CT molecular complexity index is 939. The standard InChI is InChI=1S/C22H20F2N2O/c1-22(2,3)16-10-7-14(8-11-16)21(27)15-9-12-19(25-13-15)26-20-17(23)5-4-6-18(20)24/h4-13H,1-3H3,(H,25,26). The first kappa shape index (κ1) is 18.7. The molecule has 0 aliphatic carbocycles. The summed E-state index contributed by atoms with van der Waals surface area (Å²) in [6, 6.07) is 14.2. The van der Waals surface area contributed by atoms with E-state index < -0.39 is 11.6 Å². The van der Waals surface area contributed by atoms with Crippen molar-refractivity contribution < 1.29 is 13.6 Å². The number of aromatic nitrogens is 1. The third-order valence-corrected chi connectivity index (χ3v) is 4.25. The van der Waals surface area contributed by atoms with Gasteiger partial charge in [-0.3, -0.25) is 4.79 Å². The maximum absolute atomic E-state index is 13.7. The van der Waals surface area contributed by atoms with Crippen LogP contribution in [0.3, 0.4) is 0 Å². The molecule has 3 rings (SSSR count). The summed E-state index contributed by atoms with van der Waals surface area (Å²) in [5.41, 5.74) is 1.84. The molecule has 0 aliphatic heterocycles. The third kappa shape index (κ3) is 4.19. The summed E-state index contributed by atoms with van der Waals surface area (Å²) in [4.78, 5) is 16.7. The fourth-order valence-corrected chi connectivity index (χ4v) is 2.64. The van der Waals surface area contributed by atoms with E-state index in [0.717, 1.165) is 17.7 Å². The maximum atomic E-state index is 13.7. The zero-order chi connectivity index (χ0) is 19.6. The van der Waals surface area contributed by atoms with Gasteiger partial charge in [0.25, 0.3) is 0 Å². The third-order valence-electron chi connectivity index (χ3n) is 4.25. The van der Waals surface area contributed by atoms with Gasteiger partial charge in [0, 0.05) is 17.3 Å². The molecule has 138 valence electrons. The SMILES string of the molecule is CC(C)(C)c1ccc(C(=O)c2ccc(Nc3c(F)cccc3F)nc2)cc1. The van der Waals surface area contributed by atoms with Gasteiger partial charge in [-0.25, -0.2) is 13.8 Å². The highest BCUT2D eigenvalue weighted by atomic mass is 19.1. The second kappa shape index (κ2) is 7.27. The molecule has 0 aliphatic rings. The molecule has 0 atom stereocenters. The Kier molecular flexibility index (Phi) is 5.04. The lowest BCUT2D eigenvalue weighted by Gasteiger charge is -2.19. The first-order valence-electron chi connectivity index (χ1n) is 8.58. The summed E-state index contributed by atoms with van der Waals surface area (Å²) >= 11 is 0. The molecule has 0 spiro atoms. The summed E-state index contributed by atoms with van der Waals surface area (Å²) in [6.07, 6.45) is 1.39. The molecule has 2 aromatic carbocycles. The van der Waals surface area contributed by atoms with Gasteiger partial charge in [-0.1, -0.05) is 51.1 Å². The van der Waals surface area contributed by atoms with E-state index in [0.29, 0.717) is 11.1 Å². The Morgan fingerprint density at radius 2 is 1.48 bits per heavy atom. The monoisotopic (exact) mass is 366 g/mol. The Morgan fingerprint density at radius 3 is 2.00 bits per heavy atom. The van der Waals surface area contributed by atoms with Gasteiger partial charge in [0.15, 0.2) is 5.78 Å². The fourth-order valence-electron chi connectivity index (χ4n) is 2.64. The number of anilines is 2. The highest BCUT2D eigenvalue weighted by Gasteiger charge is 2.15. The number of carbonyl (C=O) groups excluding carboxylic acids is 1. The van der Waals surface area contributed by atoms with Crippen LogP contribution in [-0.4, -0.2) is 10.8 Å². The van der Waals surface area contributed by atoms with Gasteiger partial charge in [0.05, 0.1) is 0 Å². The average Bonchev–Trinajstić information content (AvgIpc) is 2.64. The number of pyridine rings is 1. The zero-order valence-corrected chi connectivity index (χ0v) is 15.4. The van der Waals surface area contributed by atoms with Crippen molar-refractivity contribution in [2.75, 3.05) is 5.32 Å². The van der Waals surface area contributed by atoms with Crippen molar-refractivity contribution in [3.8, 4) is 0 Å². The number of halogens is 2. The number of carbonyl (C=O) groups is 1. The summed E-state index contributed by atoms with van der Waals surface area (Å²) in [6.45, 7) is 6.33. The summed E-state index contributed by atoms with van der Waals surface area (Å²) in [7, 11) is 0. The molecule has 5 heteroatoms. The smallest absolute Gasteiger partial charge is 0.194 e. The van der Waals surface area contributed by atoms with Crippen LogP contribution in [0.25, 0.3) is 0 Å². The first-order chi connectivity index (χ1) is 12.8. The molecule has 27 heavy (non-hydrogen) atoms. The van der Waals surface area contributed by atoms with E-state index in [1.54, 1.807) is 18.2 Å². The summed E-state index contributed by atoms with van der Waals surface area (Å²) < 4.78 is 27.4. The van der Waals surface area contributed by atoms with Crippen molar-refractivity contribution in [1.82, 2.24) is 4.98 Å². The lowest BCUT2D eigenvalue weighted by molar-refractivity contribution is 0.103. The highest BCUT2D eigenvalue weighted by molar-refractivity contribution is 6.08. The van der Waals surface area contributed by atoms with Crippen LogP contribution in [0.15, 0.2) is 60.8 Å². The normalized spacial score (nSPS) is 11.3. The molecule has 0 saturated carbocycles. The molecule has 0 saturated heterocycles. The minimum atomic E-state index is -0.712. The van der Waals surface area contributed by atoms with Crippen LogP contribution in [0.4, 0.5) is 20.3 Å². The van der Waals surface area contributed by atoms with Gasteiger partial charge in [-0.2, -0.15) is 0 Å². The van der Waals surface area contributed by atoms with Crippen LogP contribution >= 0.6 is 0 Å². The second-order valence-electron chi connectivity index (χ2n) is 7.31. The lowest BCUT2D eigenvalue weighted by Crippen LogP contribution is -2.11. The maximum Gasteiger partial charge on any atom is 0.194 e. The molecule has 0 radical (unpaired) electrons. The van der Waals surface area contributed by atoms with Gasteiger partial charge in [0.1, 0.15) is 23.1 Å². The number of rotatable bonds is 4. The van der Waals surface area contributed by atoms with Gasteiger partial charge in [-0.15, -0.1) is 0 Å². The Morgan fingerprint density at radius 1 is 0.889 bits per heavy atom. The summed E-state index contributed by atoms with van der Waals surface area (Å²) in [5, 5.41) is 2.60. The van der Waals surface area contributed by atoms with Crippen LogP contribution in [-0.2, 0) is 5.41 Å². The Labute approximate surface area is 157 Å². The van der Waals surface area contributed by atoms with Crippen molar-refractivity contribution >= 4 is 17.3 Å². The number of hydrogen-bond donors (Lipinski definition) is 1. The molecule has 3 nitrogen and oxygen atoms in total. The van der Waals surface area contributed by atoms with Gasteiger partial charge < -0.3 is 5.32 Å². The molecule has 0 fully saturated rings. The number of hydrogen-bond acceptors (Lipinski definition) is 3. The van der Waals surface area contributed by atoms with Crippen molar-refractivity contribution in [2.45, 2.75) is 26.2 Å². The molecular weight excluding hydrogens is 346 g/mol. The van der Waals surface area contributed by atoms with Gasteiger partial charge >= 0.3 is 0 Å². The lowest BCUT2D eigenvalue weighted by atomic mass is 9.86. The van der Waals surface area contributed by atoms with E-state index in [1.165, 1.54) is 18.3 Å². The Hall–Kier alpha value is -3.08. The largest absolute Gasteiger partial charge is 0.335 e. The first-order valence-corrected chi connectivity index (χ1v) is 8.58. The van der Waals surface area contributed by atoms with Crippen LogP contribution in [0.5, 0.6) is 0 Å². The van der Waals surface area contributed by atoms with Crippen LogP contribution < -0.4 is 5.32 Å². The predicted octanol–water partition coefficient (Wildman–Crippen LogP) is 5.63. The molecule has 1 N–H and O–H groups in total. The number of para-hydroxylation sites is 1. The van der Waals surface area contributed by atoms with Crippen LogP contribution in [0.1, 0.15) is 42.3 Å². The molecule has 0 bridgehead atoms. The van der Waals surface area contributed by atoms with E-state index in [1.807, 2.05) is 12.1 Å². The molecule has 0 unspecified atom stereocenters. The molecule has 1 aromatic heterocycles. The average molecular weight is 366 g/mol. The van der Waals surface area contributed by atoms with E-state index in [9.17, 15) is 13.6 Å². The quantitative estimate of drug-likeness (QED) is 0.608. The van der Waals surface area contributed by atoms with Crippen LogP contribution in [0.2, 0.25) is 0 Å². The Balaban J connectivity index is 1.78. The van der Waals surface area contributed by atoms with Crippen molar-refractivity contribution in [3.63, 3.8) is 0 Å². The van der Waals surface area contributed by atoms with E-state index in [2.05, 4.69) is 31.1 Å². The predicted molar refractivity (Wildman–Crippen MR) is 102 cm³/mol. The van der Waals surface area contributed by atoms with E-state index in [4.69, 9.17) is 0 Å². The topological polar surface area (TPSA) is 42.0 Å². The highest BCUT2D eigenvalue weighted by Crippen LogP contribution is 2.24. The minimum Gasteiger partial charge on any atom is -0.335 e. The fraction of sp³-hybridized carbons (Fsp3) is 0.182. The number of benzene rings is 2. The van der Waals surface area contributed by atoms with E-state index in [-0.39, 0.29) is 22.7 Å². The molecule has 0 amide bonds. The zero-order valence-electron chi connectivity index (χ0n) is 15.4. The van der Waals surface area contributed by atoms with Gasteiger partial charge in [-0.05, 0) is 35.2 Å². The number of nitrogens with one attached hydrogen (secondary N) is 1. The molecular formula is C22H20F2N2O. The number of ketones is 1. The molecule has 1 heterocycles. The minimum absolute atomic E-state index is 0.0123. The van der Waals surface area contributed by atoms with Crippen LogP contribution in [0, 0.1) is 11.6 Å². The number of nitrogens with zero attached hydrogens (tertiary/aromatic N) is 1. The second-order valence-corrected chi connectivity index (χ2v) is 7.31. The van der Waals surface area contributed by atoms with Gasteiger partial charge in [0.2, 0.25) is 0 Å².